The van der Waals surface area contributed by atoms with Crippen molar-refractivity contribution in [3.63, 3.8) is 0 Å². The van der Waals surface area contributed by atoms with Gasteiger partial charge in [-0.05, 0) is 37.5 Å². The molecule has 0 spiro atoms. The van der Waals surface area contributed by atoms with Gasteiger partial charge >= 0.3 is 0 Å². The summed E-state index contributed by atoms with van der Waals surface area (Å²) >= 11 is 0. The molecule has 1 aliphatic heterocycles. The Morgan fingerprint density at radius 1 is 0.938 bits per heavy atom. The van der Waals surface area contributed by atoms with E-state index in [2.05, 4.69) is 12.1 Å². The summed E-state index contributed by atoms with van der Waals surface area (Å²) in [4.78, 5) is 28.4. The molecule has 5 aromatic rings. The quantitative estimate of drug-likeness (QED) is 0.437. The number of aryl methyl sites for hydroxylation is 1. The van der Waals surface area contributed by atoms with E-state index in [1.54, 1.807) is 4.57 Å². The number of nitrogens with zero attached hydrogens (tertiary/aromatic N) is 5. The van der Waals surface area contributed by atoms with Crippen LogP contribution in [-0.2, 0) is 17.8 Å². The van der Waals surface area contributed by atoms with Crippen molar-refractivity contribution in [2.75, 3.05) is 6.61 Å². The van der Waals surface area contributed by atoms with Gasteiger partial charge in [0, 0.05) is 6.61 Å². The first-order valence-electron chi connectivity index (χ1n) is 11.0. The van der Waals surface area contributed by atoms with Crippen LogP contribution in [0, 0.1) is 6.92 Å². The lowest BCUT2D eigenvalue weighted by atomic mass is 10.2. The van der Waals surface area contributed by atoms with Crippen molar-refractivity contribution >= 4 is 33.2 Å². The predicted octanol–water partition coefficient (Wildman–Crippen LogP) is 3.83. The highest BCUT2D eigenvalue weighted by Crippen LogP contribution is 2.26. The van der Waals surface area contributed by atoms with Gasteiger partial charge in [-0.25, -0.2) is 15.0 Å². The van der Waals surface area contributed by atoms with Crippen molar-refractivity contribution in [2.24, 2.45) is 0 Å². The smallest absolute Gasteiger partial charge is 0.265 e. The first kappa shape index (κ1) is 19.1. The Morgan fingerprint density at radius 2 is 1.69 bits per heavy atom. The van der Waals surface area contributed by atoms with E-state index in [4.69, 9.17) is 19.7 Å². The van der Waals surface area contributed by atoms with Crippen LogP contribution >= 0.6 is 0 Å². The number of benzene rings is 2. The highest BCUT2D eigenvalue weighted by molar-refractivity contribution is 6.04. The van der Waals surface area contributed by atoms with Gasteiger partial charge in [-0.15, -0.1) is 0 Å². The van der Waals surface area contributed by atoms with Crippen LogP contribution in [0.4, 0.5) is 0 Å². The van der Waals surface area contributed by atoms with E-state index in [0.29, 0.717) is 41.1 Å². The third-order valence-electron chi connectivity index (χ3n) is 6.23. The Morgan fingerprint density at radius 3 is 2.44 bits per heavy atom. The highest BCUT2D eigenvalue weighted by atomic mass is 16.5. The lowest BCUT2D eigenvalue weighted by Gasteiger charge is -2.14. The molecule has 6 rings (SSSR count). The Hall–Kier alpha value is -3.58. The van der Waals surface area contributed by atoms with Gasteiger partial charge in [0.1, 0.15) is 16.7 Å². The van der Waals surface area contributed by atoms with E-state index >= 15 is 0 Å². The van der Waals surface area contributed by atoms with Crippen LogP contribution in [0.1, 0.15) is 24.2 Å². The van der Waals surface area contributed by atoms with Gasteiger partial charge < -0.3 is 9.30 Å². The fraction of sp³-hybridized carbons (Fsp3) is 0.280. The average Bonchev–Trinajstić information content (AvgIpc) is 3.42. The van der Waals surface area contributed by atoms with Crippen LogP contribution in [0.15, 0.2) is 59.4 Å². The molecule has 0 saturated carbocycles. The zero-order valence-electron chi connectivity index (χ0n) is 17.9. The minimum absolute atomic E-state index is 0.0511. The molecule has 2 aromatic carbocycles. The van der Waals surface area contributed by atoms with Crippen molar-refractivity contribution in [3.8, 4) is 0 Å². The van der Waals surface area contributed by atoms with Gasteiger partial charge in [-0.3, -0.25) is 9.36 Å². The third-order valence-corrected chi connectivity index (χ3v) is 6.23. The second kappa shape index (κ2) is 7.53. The standard InChI is InChI=1S/C25H23N5O2/c1-16-26-23-21(25(31)29(16)15-18-10-7-13-32-18)22-24(28-20-12-6-5-11-19(20)27-22)30(23)14-17-8-3-2-4-9-17/h2-6,8-9,11-12,18H,7,10,13-15H2,1H3/t18-/m1/s1. The minimum Gasteiger partial charge on any atom is -0.376 e. The first-order valence-corrected chi connectivity index (χ1v) is 11.0. The van der Waals surface area contributed by atoms with Gasteiger partial charge in [0.15, 0.2) is 11.3 Å². The normalized spacial score (nSPS) is 16.5. The van der Waals surface area contributed by atoms with Crippen LogP contribution in [0.3, 0.4) is 0 Å². The zero-order valence-corrected chi connectivity index (χ0v) is 17.9. The van der Waals surface area contributed by atoms with Crippen molar-refractivity contribution in [3.05, 3.63) is 76.3 Å². The van der Waals surface area contributed by atoms with Crippen LogP contribution < -0.4 is 5.56 Å². The second-order valence-corrected chi connectivity index (χ2v) is 8.36. The largest absolute Gasteiger partial charge is 0.376 e. The number of hydrogen-bond acceptors (Lipinski definition) is 5. The maximum atomic E-state index is 13.7. The fourth-order valence-electron chi connectivity index (χ4n) is 4.62. The van der Waals surface area contributed by atoms with Crippen LogP contribution in [0.5, 0.6) is 0 Å². The van der Waals surface area contributed by atoms with Gasteiger partial charge in [0.2, 0.25) is 0 Å². The first-order chi connectivity index (χ1) is 15.7. The van der Waals surface area contributed by atoms with E-state index in [1.165, 1.54) is 0 Å². The molecule has 0 unspecified atom stereocenters. The molecular formula is C25H23N5O2. The molecule has 0 N–H and O–H groups in total. The number of fused-ring (bicyclic) bond motifs is 4. The molecule has 0 aliphatic carbocycles. The van der Waals surface area contributed by atoms with Crippen molar-refractivity contribution in [1.29, 1.82) is 0 Å². The predicted molar refractivity (Wildman–Crippen MR) is 124 cm³/mol. The molecule has 3 aromatic heterocycles. The second-order valence-electron chi connectivity index (χ2n) is 8.36. The maximum absolute atomic E-state index is 13.7. The van der Waals surface area contributed by atoms with Crippen molar-refractivity contribution in [1.82, 2.24) is 24.1 Å². The van der Waals surface area contributed by atoms with E-state index in [0.717, 1.165) is 36.0 Å². The highest BCUT2D eigenvalue weighted by Gasteiger charge is 2.23. The average molecular weight is 425 g/mol. The van der Waals surface area contributed by atoms with Gasteiger partial charge in [-0.2, -0.15) is 0 Å². The molecule has 0 bridgehead atoms. The summed E-state index contributed by atoms with van der Waals surface area (Å²) in [7, 11) is 0. The summed E-state index contributed by atoms with van der Waals surface area (Å²) in [5.41, 5.74) is 4.52. The summed E-state index contributed by atoms with van der Waals surface area (Å²) in [5, 5.41) is 0.526. The van der Waals surface area contributed by atoms with Crippen LogP contribution in [0.2, 0.25) is 0 Å². The van der Waals surface area contributed by atoms with Gasteiger partial charge in [0.05, 0.1) is 30.2 Å². The molecule has 1 saturated heterocycles. The molecule has 0 amide bonds. The van der Waals surface area contributed by atoms with Crippen LogP contribution in [-0.4, -0.2) is 36.8 Å². The topological polar surface area (TPSA) is 74.8 Å². The Bertz CT molecular complexity index is 1510. The molecule has 7 heteroatoms. The van der Waals surface area contributed by atoms with E-state index in [-0.39, 0.29) is 11.7 Å². The Labute approximate surface area is 184 Å². The summed E-state index contributed by atoms with van der Waals surface area (Å²) in [6.45, 7) is 3.72. The summed E-state index contributed by atoms with van der Waals surface area (Å²) in [5.74, 6) is 0.680. The third kappa shape index (κ3) is 3.08. The number of ether oxygens (including phenoxy) is 1. The van der Waals surface area contributed by atoms with Crippen molar-refractivity contribution in [2.45, 2.75) is 39.0 Å². The Balaban J connectivity index is 1.65. The molecule has 7 nitrogen and oxygen atoms in total. The van der Waals surface area contributed by atoms with Gasteiger partial charge in [-0.1, -0.05) is 42.5 Å². The molecule has 1 atom stereocenters. The summed E-state index contributed by atoms with van der Waals surface area (Å²) in [6, 6.07) is 17.9. The van der Waals surface area contributed by atoms with Gasteiger partial charge in [0.25, 0.3) is 5.56 Å². The lowest BCUT2D eigenvalue weighted by Crippen LogP contribution is -2.29. The molecule has 4 heterocycles. The maximum Gasteiger partial charge on any atom is 0.265 e. The van der Waals surface area contributed by atoms with Crippen LogP contribution in [0.25, 0.3) is 33.2 Å². The number of rotatable bonds is 4. The lowest BCUT2D eigenvalue weighted by molar-refractivity contribution is 0.0955. The molecule has 1 aliphatic rings. The van der Waals surface area contributed by atoms with E-state index < -0.39 is 0 Å². The molecular weight excluding hydrogens is 402 g/mol. The summed E-state index contributed by atoms with van der Waals surface area (Å²) in [6.07, 6.45) is 2.04. The number of para-hydroxylation sites is 2. The number of aromatic nitrogens is 5. The molecule has 1 fully saturated rings. The van der Waals surface area contributed by atoms with E-state index in [1.807, 2.05) is 54.0 Å². The van der Waals surface area contributed by atoms with Crippen molar-refractivity contribution < 1.29 is 4.74 Å². The fourth-order valence-corrected chi connectivity index (χ4v) is 4.62. The number of hydrogen-bond donors (Lipinski definition) is 0. The van der Waals surface area contributed by atoms with E-state index in [9.17, 15) is 4.79 Å². The monoisotopic (exact) mass is 425 g/mol. The Kier molecular flexibility index (Phi) is 4.50. The SMILES string of the molecule is Cc1nc2c(c(=O)n1C[C@H]1CCCO1)c1nc3ccccc3nc1n2Cc1ccccc1. The zero-order chi connectivity index (χ0) is 21.7. The molecule has 160 valence electrons. The minimum atomic E-state index is -0.0793. The molecule has 0 radical (unpaired) electrons. The summed E-state index contributed by atoms with van der Waals surface area (Å²) < 4.78 is 9.54. The molecule has 32 heavy (non-hydrogen) atoms.